The highest BCUT2D eigenvalue weighted by molar-refractivity contribution is 5.96. The molecule has 2 aromatic rings. The maximum absolute atomic E-state index is 12.1. The first-order valence-electron chi connectivity index (χ1n) is 6.68. The predicted octanol–water partition coefficient (Wildman–Crippen LogP) is 1.67. The summed E-state index contributed by atoms with van der Waals surface area (Å²) in [6.07, 6.45) is 5.64. The van der Waals surface area contributed by atoms with Gasteiger partial charge in [0, 0.05) is 31.0 Å². The lowest BCUT2D eigenvalue weighted by Gasteiger charge is -2.08. The van der Waals surface area contributed by atoms with Gasteiger partial charge in [0.05, 0.1) is 6.20 Å². The molecule has 1 heterocycles. The van der Waals surface area contributed by atoms with Crippen LogP contribution in [0.15, 0.2) is 30.6 Å². The average molecular weight is 272 g/mol. The quantitative estimate of drug-likeness (QED) is 0.642. The molecule has 0 aliphatic heterocycles. The maximum atomic E-state index is 12.1. The largest absolute Gasteiger partial charge is 0.399 e. The zero-order valence-electron chi connectivity index (χ0n) is 11.9. The van der Waals surface area contributed by atoms with E-state index in [4.69, 9.17) is 5.73 Å². The Bertz CT molecular complexity index is 604. The number of amides is 1. The Morgan fingerprint density at radius 3 is 2.95 bits per heavy atom. The molecule has 2 rings (SSSR count). The maximum Gasteiger partial charge on any atom is 0.251 e. The van der Waals surface area contributed by atoms with Crippen LogP contribution in [-0.2, 0) is 13.5 Å². The molecule has 1 aromatic heterocycles. The van der Waals surface area contributed by atoms with Crippen LogP contribution in [0.25, 0.3) is 0 Å². The Hall–Kier alpha value is -2.30. The predicted molar refractivity (Wildman–Crippen MR) is 79.5 cm³/mol. The van der Waals surface area contributed by atoms with Gasteiger partial charge >= 0.3 is 0 Å². The number of nitrogens with two attached hydrogens (primary N) is 1. The molecule has 106 valence electrons. The van der Waals surface area contributed by atoms with E-state index in [0.29, 0.717) is 17.8 Å². The Balaban J connectivity index is 1.82. The fraction of sp³-hybridized carbons (Fsp3) is 0.333. The van der Waals surface area contributed by atoms with Crippen molar-refractivity contribution in [2.45, 2.75) is 19.8 Å². The van der Waals surface area contributed by atoms with E-state index in [-0.39, 0.29) is 5.91 Å². The smallest absolute Gasteiger partial charge is 0.251 e. The van der Waals surface area contributed by atoms with Crippen molar-refractivity contribution >= 4 is 11.6 Å². The van der Waals surface area contributed by atoms with E-state index in [1.807, 2.05) is 32.4 Å². The van der Waals surface area contributed by atoms with E-state index in [2.05, 4.69) is 10.4 Å². The van der Waals surface area contributed by atoms with Gasteiger partial charge < -0.3 is 11.1 Å². The number of nitrogen functional groups attached to an aromatic ring is 1. The second-order valence-corrected chi connectivity index (χ2v) is 4.96. The third-order valence-electron chi connectivity index (χ3n) is 3.19. The molecular weight excluding hydrogens is 252 g/mol. The van der Waals surface area contributed by atoms with Crippen LogP contribution in [0.2, 0.25) is 0 Å². The van der Waals surface area contributed by atoms with Gasteiger partial charge in [-0.25, -0.2) is 0 Å². The normalized spacial score (nSPS) is 10.5. The van der Waals surface area contributed by atoms with Crippen LogP contribution in [0.3, 0.4) is 0 Å². The number of carbonyl (C=O) groups excluding carboxylic acids is 1. The molecule has 3 N–H and O–H groups in total. The van der Waals surface area contributed by atoms with Crippen LogP contribution in [0.1, 0.15) is 27.9 Å². The number of hydrogen-bond donors (Lipinski definition) is 2. The van der Waals surface area contributed by atoms with E-state index >= 15 is 0 Å². The molecule has 0 unspecified atom stereocenters. The number of nitrogens with zero attached hydrogens (tertiary/aromatic N) is 2. The molecule has 0 saturated heterocycles. The first kappa shape index (κ1) is 14.1. The number of carbonyl (C=O) groups is 1. The summed E-state index contributed by atoms with van der Waals surface area (Å²) in [4.78, 5) is 12.1. The minimum atomic E-state index is -0.0685. The molecule has 0 fully saturated rings. The second-order valence-electron chi connectivity index (χ2n) is 4.96. The van der Waals surface area contributed by atoms with Crippen molar-refractivity contribution in [2.75, 3.05) is 12.3 Å². The van der Waals surface area contributed by atoms with Gasteiger partial charge in [-0.1, -0.05) is 6.07 Å². The van der Waals surface area contributed by atoms with Gasteiger partial charge in [0.15, 0.2) is 0 Å². The minimum Gasteiger partial charge on any atom is -0.399 e. The lowest BCUT2D eigenvalue weighted by molar-refractivity contribution is 0.0952. The van der Waals surface area contributed by atoms with E-state index in [1.54, 1.807) is 16.8 Å². The van der Waals surface area contributed by atoms with Crippen LogP contribution >= 0.6 is 0 Å². The highest BCUT2D eigenvalue weighted by Crippen LogP contribution is 2.12. The van der Waals surface area contributed by atoms with Crippen molar-refractivity contribution in [3.63, 3.8) is 0 Å². The molecule has 0 saturated carbocycles. The minimum absolute atomic E-state index is 0.0685. The number of aromatic nitrogens is 2. The highest BCUT2D eigenvalue weighted by atomic mass is 16.1. The van der Waals surface area contributed by atoms with Crippen molar-refractivity contribution in [3.8, 4) is 0 Å². The molecule has 20 heavy (non-hydrogen) atoms. The molecular formula is C15H20N4O. The van der Waals surface area contributed by atoms with E-state index in [1.165, 1.54) is 5.56 Å². The second kappa shape index (κ2) is 6.23. The van der Waals surface area contributed by atoms with Gasteiger partial charge in [-0.05, 0) is 43.0 Å². The topological polar surface area (TPSA) is 72.9 Å². The molecule has 5 heteroatoms. The van der Waals surface area contributed by atoms with Gasteiger partial charge in [-0.15, -0.1) is 0 Å². The summed E-state index contributed by atoms with van der Waals surface area (Å²) in [5.74, 6) is -0.0685. The van der Waals surface area contributed by atoms with Crippen molar-refractivity contribution in [3.05, 3.63) is 47.3 Å². The van der Waals surface area contributed by atoms with Crippen molar-refractivity contribution in [2.24, 2.45) is 7.05 Å². The third kappa shape index (κ3) is 3.60. The summed E-state index contributed by atoms with van der Waals surface area (Å²) in [5.41, 5.74) is 9.08. The van der Waals surface area contributed by atoms with Crippen LogP contribution < -0.4 is 11.1 Å². The summed E-state index contributed by atoms with van der Waals surface area (Å²) in [6, 6.07) is 5.38. The third-order valence-corrected chi connectivity index (χ3v) is 3.19. The lowest BCUT2D eigenvalue weighted by atomic mass is 10.1. The monoisotopic (exact) mass is 272 g/mol. The number of rotatable bonds is 5. The van der Waals surface area contributed by atoms with Gasteiger partial charge in [-0.3, -0.25) is 9.48 Å². The summed E-state index contributed by atoms with van der Waals surface area (Å²) in [6.45, 7) is 2.55. The molecule has 0 bridgehead atoms. The molecule has 1 aromatic carbocycles. The van der Waals surface area contributed by atoms with Crippen molar-refractivity contribution in [1.29, 1.82) is 0 Å². The highest BCUT2D eigenvalue weighted by Gasteiger charge is 2.08. The SMILES string of the molecule is Cc1ccc(N)cc1C(=O)NCCCc1cnn(C)c1. The standard InChI is InChI=1S/C15H20N4O/c1-11-5-6-13(16)8-14(11)15(20)17-7-3-4-12-9-18-19(2)10-12/h5-6,8-10H,3-4,7,16H2,1-2H3,(H,17,20). The summed E-state index contributed by atoms with van der Waals surface area (Å²) in [5, 5.41) is 7.04. The van der Waals surface area contributed by atoms with Crippen LogP contribution in [-0.4, -0.2) is 22.2 Å². The van der Waals surface area contributed by atoms with E-state index < -0.39 is 0 Å². The first-order valence-corrected chi connectivity index (χ1v) is 6.68. The molecule has 5 nitrogen and oxygen atoms in total. The molecule has 0 radical (unpaired) electrons. The number of benzene rings is 1. The number of anilines is 1. The van der Waals surface area contributed by atoms with Crippen LogP contribution in [0, 0.1) is 6.92 Å². The Labute approximate surface area is 118 Å². The summed E-state index contributed by atoms with van der Waals surface area (Å²) < 4.78 is 1.78. The Kier molecular flexibility index (Phi) is 4.40. The lowest BCUT2D eigenvalue weighted by Crippen LogP contribution is -2.25. The number of hydrogen-bond acceptors (Lipinski definition) is 3. The fourth-order valence-corrected chi connectivity index (χ4v) is 2.07. The zero-order valence-corrected chi connectivity index (χ0v) is 11.9. The average Bonchev–Trinajstić information content (AvgIpc) is 2.83. The zero-order chi connectivity index (χ0) is 14.5. The van der Waals surface area contributed by atoms with E-state index in [0.717, 1.165) is 18.4 Å². The van der Waals surface area contributed by atoms with Crippen LogP contribution in [0.5, 0.6) is 0 Å². The molecule has 0 atom stereocenters. The Morgan fingerprint density at radius 2 is 2.25 bits per heavy atom. The Morgan fingerprint density at radius 1 is 1.45 bits per heavy atom. The van der Waals surface area contributed by atoms with E-state index in [9.17, 15) is 4.79 Å². The van der Waals surface area contributed by atoms with Crippen molar-refractivity contribution in [1.82, 2.24) is 15.1 Å². The van der Waals surface area contributed by atoms with Crippen LogP contribution in [0.4, 0.5) is 5.69 Å². The molecule has 0 aliphatic rings. The number of aryl methyl sites for hydroxylation is 3. The van der Waals surface area contributed by atoms with Gasteiger partial charge in [-0.2, -0.15) is 5.10 Å². The van der Waals surface area contributed by atoms with Crippen molar-refractivity contribution < 1.29 is 4.79 Å². The summed E-state index contributed by atoms with van der Waals surface area (Å²) in [7, 11) is 1.90. The molecule has 1 amide bonds. The summed E-state index contributed by atoms with van der Waals surface area (Å²) >= 11 is 0. The van der Waals surface area contributed by atoms with Gasteiger partial charge in [0.2, 0.25) is 0 Å². The molecule has 0 spiro atoms. The fourth-order valence-electron chi connectivity index (χ4n) is 2.07. The van der Waals surface area contributed by atoms with Gasteiger partial charge in [0.25, 0.3) is 5.91 Å². The van der Waals surface area contributed by atoms with Gasteiger partial charge in [0.1, 0.15) is 0 Å². The first-order chi connectivity index (χ1) is 9.56. The number of nitrogens with one attached hydrogen (secondary N) is 1. The molecule has 0 aliphatic carbocycles.